The molecule has 0 spiro atoms. The lowest BCUT2D eigenvalue weighted by molar-refractivity contribution is -0.134. The second-order valence-corrected chi connectivity index (χ2v) is 6.03. The highest BCUT2D eigenvalue weighted by atomic mass is 35.5. The van der Waals surface area contributed by atoms with Gasteiger partial charge in [0, 0.05) is 13.1 Å². The van der Waals surface area contributed by atoms with E-state index in [9.17, 15) is 4.79 Å². The van der Waals surface area contributed by atoms with Crippen LogP contribution in [0.5, 0.6) is 0 Å². The van der Waals surface area contributed by atoms with Gasteiger partial charge in [0.25, 0.3) is 0 Å². The van der Waals surface area contributed by atoms with Crippen LogP contribution in [0.3, 0.4) is 0 Å². The summed E-state index contributed by atoms with van der Waals surface area (Å²) in [5.41, 5.74) is 6.23. The second-order valence-electron chi connectivity index (χ2n) is 5.21. The molecule has 1 amide bonds. The molecule has 1 aliphatic carbocycles. The fraction of sp³-hybridized carbons (Fsp3) is 0.533. The molecular weight excluding hydrogens is 331 g/mol. The first-order chi connectivity index (χ1) is 9.51. The number of hydrogen-bond acceptors (Lipinski definition) is 2. The summed E-state index contributed by atoms with van der Waals surface area (Å²) in [6.45, 7) is 5.90. The van der Waals surface area contributed by atoms with E-state index in [0.29, 0.717) is 29.7 Å². The summed E-state index contributed by atoms with van der Waals surface area (Å²) in [7, 11) is 0. The lowest BCUT2D eigenvalue weighted by Gasteiger charge is -2.26. The van der Waals surface area contributed by atoms with Crippen molar-refractivity contribution in [3.63, 3.8) is 0 Å². The van der Waals surface area contributed by atoms with E-state index in [2.05, 4.69) is 0 Å². The van der Waals surface area contributed by atoms with Crippen molar-refractivity contribution in [1.29, 1.82) is 0 Å². The Hall–Kier alpha value is -0.480. The fourth-order valence-corrected chi connectivity index (χ4v) is 3.22. The molecule has 118 valence electrons. The third-order valence-electron chi connectivity index (χ3n) is 4.26. The van der Waals surface area contributed by atoms with Gasteiger partial charge in [-0.25, -0.2) is 0 Å². The van der Waals surface area contributed by atoms with Crippen molar-refractivity contribution in [2.75, 3.05) is 19.6 Å². The molecular formula is C15H21Cl3N2O. The van der Waals surface area contributed by atoms with Crippen molar-refractivity contribution < 1.29 is 4.79 Å². The molecule has 1 aromatic carbocycles. The number of nitrogens with zero attached hydrogens (tertiary/aromatic N) is 1. The minimum Gasteiger partial charge on any atom is -0.342 e. The van der Waals surface area contributed by atoms with E-state index in [1.54, 1.807) is 12.1 Å². The Balaban J connectivity index is 0.00000220. The normalized spacial score (nSPS) is 23.4. The number of nitrogens with two attached hydrogens (primary N) is 1. The summed E-state index contributed by atoms with van der Waals surface area (Å²) in [6, 6.07) is 5.45. The third-order valence-corrected chi connectivity index (χ3v) is 5.00. The Morgan fingerprint density at radius 3 is 2.38 bits per heavy atom. The number of benzene rings is 1. The molecule has 0 aromatic heterocycles. The minimum atomic E-state index is -0.505. The molecule has 6 heteroatoms. The van der Waals surface area contributed by atoms with Crippen molar-refractivity contribution >= 4 is 41.5 Å². The lowest BCUT2D eigenvalue weighted by Crippen LogP contribution is -2.40. The van der Waals surface area contributed by atoms with Crippen molar-refractivity contribution in [3.05, 3.63) is 33.8 Å². The molecule has 0 aliphatic heterocycles. The Morgan fingerprint density at radius 2 is 1.95 bits per heavy atom. The van der Waals surface area contributed by atoms with Gasteiger partial charge >= 0.3 is 0 Å². The molecule has 1 aliphatic rings. The van der Waals surface area contributed by atoms with Crippen LogP contribution in [0.1, 0.15) is 25.8 Å². The molecule has 1 saturated carbocycles. The average Bonchev–Trinajstić information content (AvgIpc) is 3.19. The van der Waals surface area contributed by atoms with E-state index in [4.69, 9.17) is 28.9 Å². The van der Waals surface area contributed by atoms with Crippen LogP contribution in [-0.2, 0) is 10.2 Å². The quantitative estimate of drug-likeness (QED) is 0.882. The third kappa shape index (κ3) is 3.16. The van der Waals surface area contributed by atoms with Gasteiger partial charge in [-0.3, -0.25) is 4.79 Å². The van der Waals surface area contributed by atoms with Crippen LogP contribution in [0.4, 0.5) is 0 Å². The summed E-state index contributed by atoms with van der Waals surface area (Å²) in [4.78, 5) is 14.7. The largest absolute Gasteiger partial charge is 0.342 e. The smallest absolute Gasteiger partial charge is 0.233 e. The second kappa shape index (κ2) is 7.19. The van der Waals surface area contributed by atoms with Gasteiger partial charge in [0.1, 0.15) is 0 Å². The molecule has 3 nitrogen and oxygen atoms in total. The number of likely N-dealkylation sites (N-methyl/N-ethyl adjacent to an activating group) is 1. The molecule has 2 atom stereocenters. The Labute approximate surface area is 142 Å². The van der Waals surface area contributed by atoms with Gasteiger partial charge in [-0.15, -0.1) is 12.4 Å². The van der Waals surface area contributed by atoms with Crippen LogP contribution < -0.4 is 5.73 Å². The van der Waals surface area contributed by atoms with Crippen molar-refractivity contribution in [1.82, 2.24) is 4.90 Å². The predicted octanol–water partition coefficient (Wildman–Crippen LogP) is 3.50. The summed E-state index contributed by atoms with van der Waals surface area (Å²) >= 11 is 12.1. The first-order valence-electron chi connectivity index (χ1n) is 6.96. The number of hydrogen-bond donors (Lipinski definition) is 1. The molecule has 0 saturated heterocycles. The molecule has 0 unspecified atom stereocenters. The van der Waals surface area contributed by atoms with E-state index < -0.39 is 5.41 Å². The Bertz CT molecular complexity index is 520. The molecule has 0 bridgehead atoms. The molecule has 1 aromatic rings. The Kier molecular flexibility index (Phi) is 6.36. The number of halogens is 3. The van der Waals surface area contributed by atoms with Crippen LogP contribution in [-0.4, -0.2) is 30.4 Å². The van der Waals surface area contributed by atoms with Crippen LogP contribution >= 0.6 is 35.6 Å². The number of rotatable bonds is 5. The van der Waals surface area contributed by atoms with Crippen molar-refractivity contribution in [2.24, 2.45) is 11.7 Å². The predicted molar refractivity (Wildman–Crippen MR) is 90.5 cm³/mol. The molecule has 2 N–H and O–H groups in total. The SMILES string of the molecule is CCN(CC)C(=O)[C@@]1(c2ccc(Cl)c(Cl)c2)C[C@H]1CN.Cl. The van der Waals surface area contributed by atoms with Gasteiger partial charge in [0.2, 0.25) is 5.91 Å². The standard InChI is InChI=1S/C15H20Cl2N2O.ClH/c1-3-19(4-2)14(20)15(8-11(15)9-18)10-5-6-12(16)13(17)7-10;/h5-7,11H,3-4,8-9,18H2,1-2H3;1H/t11-,15+;/m0./s1. The summed E-state index contributed by atoms with van der Waals surface area (Å²) in [5.74, 6) is 0.337. The molecule has 21 heavy (non-hydrogen) atoms. The lowest BCUT2D eigenvalue weighted by atomic mass is 9.91. The monoisotopic (exact) mass is 350 g/mol. The first kappa shape index (κ1) is 18.6. The van der Waals surface area contributed by atoms with Gasteiger partial charge in [-0.1, -0.05) is 29.3 Å². The maximum atomic E-state index is 12.8. The van der Waals surface area contributed by atoms with Crippen LogP contribution in [0, 0.1) is 5.92 Å². The van der Waals surface area contributed by atoms with E-state index in [1.165, 1.54) is 0 Å². The van der Waals surface area contributed by atoms with Gasteiger partial charge < -0.3 is 10.6 Å². The highest BCUT2D eigenvalue weighted by molar-refractivity contribution is 6.42. The van der Waals surface area contributed by atoms with E-state index >= 15 is 0 Å². The van der Waals surface area contributed by atoms with E-state index in [-0.39, 0.29) is 24.2 Å². The highest BCUT2D eigenvalue weighted by Gasteiger charge is 2.61. The highest BCUT2D eigenvalue weighted by Crippen LogP contribution is 2.55. The van der Waals surface area contributed by atoms with Gasteiger partial charge in [-0.05, 0) is 50.4 Å². The van der Waals surface area contributed by atoms with Crippen molar-refractivity contribution in [3.8, 4) is 0 Å². The van der Waals surface area contributed by atoms with E-state index in [1.807, 2.05) is 24.8 Å². The molecule has 0 heterocycles. The van der Waals surface area contributed by atoms with Gasteiger partial charge in [0.15, 0.2) is 0 Å². The maximum Gasteiger partial charge on any atom is 0.233 e. The van der Waals surface area contributed by atoms with Crippen LogP contribution in [0.25, 0.3) is 0 Å². The maximum absolute atomic E-state index is 12.8. The minimum absolute atomic E-state index is 0. The van der Waals surface area contributed by atoms with Crippen LogP contribution in [0.15, 0.2) is 18.2 Å². The first-order valence-corrected chi connectivity index (χ1v) is 7.71. The number of amides is 1. The fourth-order valence-electron chi connectivity index (χ4n) is 2.92. The topological polar surface area (TPSA) is 46.3 Å². The number of carbonyl (C=O) groups excluding carboxylic acids is 1. The number of carbonyl (C=O) groups is 1. The summed E-state index contributed by atoms with van der Waals surface area (Å²) in [5, 5.41) is 0.990. The molecule has 2 rings (SSSR count). The summed E-state index contributed by atoms with van der Waals surface area (Å²) in [6.07, 6.45) is 0.788. The summed E-state index contributed by atoms with van der Waals surface area (Å²) < 4.78 is 0. The molecule has 1 fully saturated rings. The zero-order chi connectivity index (χ0) is 14.9. The van der Waals surface area contributed by atoms with E-state index in [0.717, 1.165) is 12.0 Å². The molecule has 0 radical (unpaired) electrons. The van der Waals surface area contributed by atoms with Gasteiger partial charge in [-0.2, -0.15) is 0 Å². The van der Waals surface area contributed by atoms with Gasteiger partial charge in [0.05, 0.1) is 15.5 Å². The zero-order valence-electron chi connectivity index (χ0n) is 12.2. The van der Waals surface area contributed by atoms with Crippen LogP contribution in [0.2, 0.25) is 10.0 Å². The average molecular weight is 352 g/mol. The van der Waals surface area contributed by atoms with Crippen molar-refractivity contribution in [2.45, 2.75) is 25.7 Å². The Morgan fingerprint density at radius 1 is 1.33 bits per heavy atom. The zero-order valence-corrected chi connectivity index (χ0v) is 14.6.